The average molecular weight is 440 g/mol. The summed E-state index contributed by atoms with van der Waals surface area (Å²) in [7, 11) is 1.31. The van der Waals surface area contributed by atoms with Gasteiger partial charge in [-0.25, -0.2) is 4.98 Å². The van der Waals surface area contributed by atoms with E-state index in [9.17, 15) is 14.4 Å². The van der Waals surface area contributed by atoms with Crippen molar-refractivity contribution in [3.05, 3.63) is 70.5 Å². The number of ether oxygens (including phenoxy) is 1. The van der Waals surface area contributed by atoms with Gasteiger partial charge >= 0.3 is 5.97 Å². The van der Waals surface area contributed by atoms with Crippen molar-refractivity contribution >= 4 is 34.5 Å². The lowest BCUT2D eigenvalue weighted by Crippen LogP contribution is -2.34. The van der Waals surface area contributed by atoms with Crippen LogP contribution in [-0.2, 0) is 20.9 Å². The lowest BCUT2D eigenvalue weighted by atomic mass is 10.1. The highest BCUT2D eigenvalue weighted by atomic mass is 32.2. The van der Waals surface area contributed by atoms with E-state index < -0.39 is 11.2 Å². The molecule has 1 N–H and O–H groups in total. The number of amides is 1. The van der Waals surface area contributed by atoms with Crippen molar-refractivity contribution in [3.8, 4) is 0 Å². The number of hydrogen-bond acceptors (Lipinski definition) is 6. The third-order valence-electron chi connectivity index (χ3n) is 4.90. The Bertz CT molecular complexity index is 1130. The normalized spacial score (nSPS) is 12.9. The number of carbonyl (C=O) groups is 2. The Kier molecular flexibility index (Phi) is 7.46. The minimum atomic E-state index is -0.497. The van der Waals surface area contributed by atoms with Crippen LogP contribution in [0.15, 0.2) is 64.5 Å². The molecular formula is C23H25N3O4S. The number of fused-ring (bicyclic) bond motifs is 1. The Morgan fingerprint density at radius 1 is 1.10 bits per heavy atom. The van der Waals surface area contributed by atoms with Gasteiger partial charge in [0.15, 0.2) is 5.16 Å². The second-order valence-electron chi connectivity index (χ2n) is 7.10. The van der Waals surface area contributed by atoms with Gasteiger partial charge in [-0.3, -0.25) is 19.0 Å². The van der Waals surface area contributed by atoms with Crippen LogP contribution in [0.3, 0.4) is 0 Å². The summed E-state index contributed by atoms with van der Waals surface area (Å²) in [5.74, 6) is -0.582. The lowest BCUT2D eigenvalue weighted by molar-refractivity contribution is -0.140. The lowest BCUT2D eigenvalue weighted by Gasteiger charge is -2.19. The number of aromatic nitrogens is 2. The molecular weight excluding hydrogens is 414 g/mol. The molecule has 0 unspecified atom stereocenters. The third kappa shape index (κ3) is 5.52. The number of para-hydroxylation sites is 1. The summed E-state index contributed by atoms with van der Waals surface area (Å²) in [6.45, 7) is 3.81. The number of rotatable bonds is 8. The van der Waals surface area contributed by atoms with Gasteiger partial charge in [0.25, 0.3) is 5.56 Å². The van der Waals surface area contributed by atoms with E-state index in [1.165, 1.54) is 23.4 Å². The van der Waals surface area contributed by atoms with Crippen molar-refractivity contribution in [2.75, 3.05) is 7.11 Å². The van der Waals surface area contributed by atoms with Crippen LogP contribution in [0.2, 0.25) is 0 Å². The molecule has 0 aliphatic carbocycles. The highest BCUT2D eigenvalue weighted by Crippen LogP contribution is 2.24. The molecule has 0 aliphatic rings. The maximum atomic E-state index is 13.0. The summed E-state index contributed by atoms with van der Waals surface area (Å²) in [5.41, 5.74) is 1.31. The highest BCUT2D eigenvalue weighted by Gasteiger charge is 2.21. The van der Waals surface area contributed by atoms with Gasteiger partial charge in [0.1, 0.15) is 0 Å². The van der Waals surface area contributed by atoms with E-state index in [4.69, 9.17) is 4.74 Å². The Morgan fingerprint density at radius 2 is 1.77 bits per heavy atom. The van der Waals surface area contributed by atoms with E-state index in [0.717, 1.165) is 5.56 Å². The van der Waals surface area contributed by atoms with Crippen molar-refractivity contribution in [1.29, 1.82) is 0 Å². The molecule has 2 atom stereocenters. The summed E-state index contributed by atoms with van der Waals surface area (Å²) >= 11 is 1.19. The molecule has 1 heterocycles. The summed E-state index contributed by atoms with van der Waals surface area (Å²) in [5, 5.41) is 3.36. The first-order valence-electron chi connectivity index (χ1n) is 9.99. The predicted molar refractivity (Wildman–Crippen MR) is 121 cm³/mol. The minimum Gasteiger partial charge on any atom is -0.469 e. The molecule has 0 saturated heterocycles. The van der Waals surface area contributed by atoms with Crippen molar-refractivity contribution in [1.82, 2.24) is 14.9 Å². The first kappa shape index (κ1) is 22.6. The van der Waals surface area contributed by atoms with Crippen molar-refractivity contribution in [2.45, 2.75) is 43.3 Å². The molecule has 31 heavy (non-hydrogen) atoms. The Hall–Kier alpha value is -3.13. The van der Waals surface area contributed by atoms with Crippen LogP contribution in [0.1, 0.15) is 31.9 Å². The van der Waals surface area contributed by atoms with Gasteiger partial charge in [-0.05, 0) is 31.5 Å². The summed E-state index contributed by atoms with van der Waals surface area (Å²) < 4.78 is 6.14. The Labute approximate surface area is 184 Å². The van der Waals surface area contributed by atoms with Crippen LogP contribution in [0.25, 0.3) is 10.9 Å². The summed E-state index contributed by atoms with van der Waals surface area (Å²) in [4.78, 5) is 42.0. The average Bonchev–Trinajstić information content (AvgIpc) is 2.79. The van der Waals surface area contributed by atoms with Gasteiger partial charge in [0, 0.05) is 6.54 Å². The van der Waals surface area contributed by atoms with E-state index in [2.05, 4.69) is 10.3 Å². The molecule has 0 radical (unpaired) electrons. The summed E-state index contributed by atoms with van der Waals surface area (Å²) in [6, 6.07) is 16.6. The fourth-order valence-electron chi connectivity index (χ4n) is 3.11. The van der Waals surface area contributed by atoms with Crippen LogP contribution in [0.5, 0.6) is 0 Å². The molecule has 2 aromatic carbocycles. The van der Waals surface area contributed by atoms with E-state index >= 15 is 0 Å². The largest absolute Gasteiger partial charge is 0.469 e. The van der Waals surface area contributed by atoms with Gasteiger partial charge in [-0.15, -0.1) is 0 Å². The fourth-order valence-corrected chi connectivity index (χ4v) is 4.05. The number of benzene rings is 2. The zero-order chi connectivity index (χ0) is 22.4. The zero-order valence-electron chi connectivity index (χ0n) is 17.7. The maximum absolute atomic E-state index is 13.0. The van der Waals surface area contributed by atoms with Gasteiger partial charge < -0.3 is 10.1 Å². The second kappa shape index (κ2) is 10.3. The highest BCUT2D eigenvalue weighted by molar-refractivity contribution is 8.00. The topological polar surface area (TPSA) is 90.3 Å². The molecule has 0 saturated carbocycles. The van der Waals surface area contributed by atoms with Gasteiger partial charge in [-0.2, -0.15) is 0 Å². The molecule has 3 rings (SSSR count). The molecule has 0 bridgehead atoms. The number of carbonyl (C=O) groups excluding carboxylic acids is 2. The standard InChI is InChI=1S/C23H25N3O4S/c1-15(17-9-5-4-6-10-17)24-21(28)16(2)31-23-25-19-12-8-7-11-18(19)22(29)26(23)14-13-20(27)30-3/h4-12,15-16H,13-14H2,1-3H3,(H,24,28)/t15-,16+/m1/s1. The van der Waals surface area contributed by atoms with E-state index in [1.807, 2.05) is 37.3 Å². The molecule has 7 nitrogen and oxygen atoms in total. The third-order valence-corrected chi connectivity index (χ3v) is 5.99. The van der Waals surface area contributed by atoms with E-state index in [-0.39, 0.29) is 30.5 Å². The number of nitrogens with zero attached hydrogens (tertiary/aromatic N) is 2. The van der Waals surface area contributed by atoms with Gasteiger partial charge in [-0.1, -0.05) is 54.2 Å². The summed E-state index contributed by atoms with van der Waals surface area (Å²) in [6.07, 6.45) is 0.0373. The first-order valence-corrected chi connectivity index (χ1v) is 10.9. The van der Waals surface area contributed by atoms with E-state index in [1.54, 1.807) is 31.2 Å². The zero-order valence-corrected chi connectivity index (χ0v) is 18.5. The van der Waals surface area contributed by atoms with Crippen molar-refractivity contribution in [2.24, 2.45) is 0 Å². The van der Waals surface area contributed by atoms with Crippen LogP contribution in [0, 0.1) is 0 Å². The van der Waals surface area contributed by atoms with Crippen LogP contribution in [-0.4, -0.2) is 33.8 Å². The number of nitrogens with one attached hydrogen (secondary N) is 1. The second-order valence-corrected chi connectivity index (χ2v) is 8.40. The smallest absolute Gasteiger partial charge is 0.307 e. The van der Waals surface area contributed by atoms with Gasteiger partial charge in [0.05, 0.1) is 35.7 Å². The molecule has 1 amide bonds. The first-order chi connectivity index (χ1) is 14.9. The van der Waals surface area contributed by atoms with Crippen LogP contribution >= 0.6 is 11.8 Å². The fraction of sp³-hybridized carbons (Fsp3) is 0.304. The Balaban J connectivity index is 1.83. The SMILES string of the molecule is COC(=O)CCn1c(S[C@@H](C)C(=O)N[C@H](C)c2ccccc2)nc2ccccc2c1=O. The molecule has 8 heteroatoms. The van der Waals surface area contributed by atoms with Crippen LogP contribution in [0.4, 0.5) is 0 Å². The van der Waals surface area contributed by atoms with Crippen molar-refractivity contribution < 1.29 is 14.3 Å². The number of esters is 1. The van der Waals surface area contributed by atoms with Crippen LogP contribution < -0.4 is 10.9 Å². The van der Waals surface area contributed by atoms with E-state index in [0.29, 0.717) is 16.1 Å². The minimum absolute atomic E-state index is 0.0373. The molecule has 3 aromatic rings. The Morgan fingerprint density at radius 3 is 2.48 bits per heavy atom. The maximum Gasteiger partial charge on any atom is 0.307 e. The van der Waals surface area contributed by atoms with Crippen molar-refractivity contribution in [3.63, 3.8) is 0 Å². The molecule has 0 spiro atoms. The number of thioether (sulfide) groups is 1. The monoisotopic (exact) mass is 439 g/mol. The molecule has 162 valence electrons. The molecule has 1 aromatic heterocycles. The van der Waals surface area contributed by atoms with Gasteiger partial charge in [0.2, 0.25) is 5.91 Å². The molecule has 0 fully saturated rings. The predicted octanol–water partition coefficient (Wildman–Crippen LogP) is 3.32. The number of hydrogen-bond donors (Lipinski definition) is 1. The quantitative estimate of drug-likeness (QED) is 0.329. The molecule has 0 aliphatic heterocycles. The number of methoxy groups -OCH3 is 1.